The molecule has 0 aliphatic carbocycles. The van der Waals surface area contributed by atoms with E-state index >= 15 is 0 Å². The standard InChI is InChI=1S/C20H37N7O8/c1-10(28)16(20(34)35)27-19(33)12(4-2-3-9-21)26-18(32)13(6-8-15(24)30)25-17(31)11(22)5-7-14(23)29/h10-13,16,28H,2-9,21-22H2,1H3,(H2,23,29)(H2,24,30)(H,25,31)(H,26,32)(H,27,33)(H,34,35). The molecule has 5 atom stereocenters. The SMILES string of the molecule is CC(O)C(NC(=O)C(CCCCN)NC(=O)C(CCC(N)=O)NC(=O)C(N)CCC(N)=O)C(=O)O. The number of carbonyl (C=O) groups is 6. The van der Waals surface area contributed by atoms with Crippen molar-refractivity contribution in [3.63, 3.8) is 0 Å². The second kappa shape index (κ2) is 16.3. The maximum absolute atomic E-state index is 12.9. The molecular weight excluding hydrogens is 466 g/mol. The molecule has 0 heterocycles. The highest BCUT2D eigenvalue weighted by Gasteiger charge is 2.31. The number of primary amides is 2. The highest BCUT2D eigenvalue weighted by atomic mass is 16.4. The number of unbranched alkanes of at least 4 members (excludes halogenated alkanes) is 1. The summed E-state index contributed by atoms with van der Waals surface area (Å²) >= 11 is 0. The fraction of sp³-hybridized carbons (Fsp3) is 0.700. The van der Waals surface area contributed by atoms with Crippen LogP contribution in [0.15, 0.2) is 0 Å². The van der Waals surface area contributed by atoms with Gasteiger partial charge >= 0.3 is 5.97 Å². The van der Waals surface area contributed by atoms with Gasteiger partial charge in [-0.2, -0.15) is 0 Å². The van der Waals surface area contributed by atoms with Gasteiger partial charge in [-0.1, -0.05) is 0 Å². The average molecular weight is 504 g/mol. The molecule has 5 amide bonds. The van der Waals surface area contributed by atoms with Crippen LogP contribution in [-0.4, -0.2) is 82.5 Å². The number of carboxylic acids is 1. The van der Waals surface area contributed by atoms with Crippen LogP contribution in [0.5, 0.6) is 0 Å². The first-order valence-electron chi connectivity index (χ1n) is 11.1. The van der Waals surface area contributed by atoms with Crippen LogP contribution in [0.2, 0.25) is 0 Å². The van der Waals surface area contributed by atoms with Crippen molar-refractivity contribution in [1.29, 1.82) is 0 Å². The molecule has 0 fully saturated rings. The molecule has 200 valence electrons. The number of hydrogen-bond acceptors (Lipinski definition) is 9. The third-order valence-electron chi connectivity index (χ3n) is 4.98. The number of nitrogens with two attached hydrogens (primary N) is 4. The van der Waals surface area contributed by atoms with E-state index in [0.29, 0.717) is 19.4 Å². The smallest absolute Gasteiger partial charge is 0.328 e. The third-order valence-corrected chi connectivity index (χ3v) is 4.98. The van der Waals surface area contributed by atoms with Crippen LogP contribution in [0, 0.1) is 0 Å². The fourth-order valence-electron chi connectivity index (χ4n) is 2.94. The Kier molecular flexibility index (Phi) is 14.8. The minimum Gasteiger partial charge on any atom is -0.480 e. The van der Waals surface area contributed by atoms with Crippen LogP contribution < -0.4 is 38.9 Å². The van der Waals surface area contributed by atoms with Crippen molar-refractivity contribution < 1.29 is 39.0 Å². The Morgan fingerprint density at radius 3 is 1.74 bits per heavy atom. The van der Waals surface area contributed by atoms with Gasteiger partial charge in [-0.25, -0.2) is 4.79 Å². The average Bonchev–Trinajstić information content (AvgIpc) is 2.76. The van der Waals surface area contributed by atoms with E-state index in [9.17, 15) is 39.0 Å². The Bertz CT molecular complexity index is 762. The molecule has 0 aromatic carbocycles. The van der Waals surface area contributed by atoms with E-state index in [1.807, 2.05) is 0 Å². The van der Waals surface area contributed by atoms with Crippen molar-refractivity contribution in [1.82, 2.24) is 16.0 Å². The number of nitrogens with one attached hydrogen (secondary N) is 3. The van der Waals surface area contributed by atoms with Gasteiger partial charge in [0.1, 0.15) is 12.1 Å². The molecule has 0 saturated carbocycles. The molecule has 15 nitrogen and oxygen atoms in total. The Hall–Kier alpha value is -3.30. The van der Waals surface area contributed by atoms with Crippen molar-refractivity contribution >= 4 is 35.5 Å². The van der Waals surface area contributed by atoms with E-state index in [0.717, 1.165) is 0 Å². The van der Waals surface area contributed by atoms with E-state index < -0.39 is 65.8 Å². The lowest BCUT2D eigenvalue weighted by Crippen LogP contribution is -2.58. The summed E-state index contributed by atoms with van der Waals surface area (Å²) in [5.74, 6) is -5.40. The molecular formula is C20H37N7O8. The first-order valence-corrected chi connectivity index (χ1v) is 11.1. The molecule has 5 unspecified atom stereocenters. The summed E-state index contributed by atoms with van der Waals surface area (Å²) in [5.41, 5.74) is 21.4. The topological polar surface area (TPSA) is 283 Å². The summed E-state index contributed by atoms with van der Waals surface area (Å²) in [6, 6.07) is -5.33. The van der Waals surface area contributed by atoms with Gasteiger partial charge < -0.3 is 49.1 Å². The number of hydrogen-bond donors (Lipinski definition) is 9. The highest BCUT2D eigenvalue weighted by molar-refractivity contribution is 5.94. The maximum atomic E-state index is 12.9. The summed E-state index contributed by atoms with van der Waals surface area (Å²) in [6.07, 6.45) is -1.15. The zero-order chi connectivity index (χ0) is 27.1. The summed E-state index contributed by atoms with van der Waals surface area (Å²) in [4.78, 5) is 71.4. The monoisotopic (exact) mass is 503 g/mol. The molecule has 0 aliphatic rings. The number of aliphatic hydroxyl groups excluding tert-OH is 1. The van der Waals surface area contributed by atoms with E-state index in [-0.39, 0.29) is 32.1 Å². The third kappa shape index (κ3) is 13.2. The van der Waals surface area contributed by atoms with Crippen LogP contribution in [0.1, 0.15) is 51.9 Å². The van der Waals surface area contributed by atoms with Gasteiger partial charge in [0.25, 0.3) is 0 Å². The Morgan fingerprint density at radius 1 is 0.771 bits per heavy atom. The second-order valence-electron chi connectivity index (χ2n) is 8.09. The normalized spacial score (nSPS) is 15.1. The number of amides is 5. The largest absolute Gasteiger partial charge is 0.480 e. The number of aliphatic hydroxyl groups is 1. The van der Waals surface area contributed by atoms with Gasteiger partial charge in [-0.05, 0) is 45.6 Å². The number of carbonyl (C=O) groups excluding carboxylic acids is 5. The van der Waals surface area contributed by atoms with Gasteiger partial charge in [0.15, 0.2) is 6.04 Å². The van der Waals surface area contributed by atoms with E-state index in [1.54, 1.807) is 0 Å². The molecule has 0 rings (SSSR count). The van der Waals surface area contributed by atoms with E-state index in [1.165, 1.54) is 6.92 Å². The molecule has 0 radical (unpaired) electrons. The van der Waals surface area contributed by atoms with Crippen molar-refractivity contribution in [2.24, 2.45) is 22.9 Å². The van der Waals surface area contributed by atoms with E-state index in [2.05, 4.69) is 16.0 Å². The Morgan fingerprint density at radius 2 is 1.26 bits per heavy atom. The minimum atomic E-state index is -1.62. The van der Waals surface area contributed by atoms with Gasteiger partial charge in [0.05, 0.1) is 12.1 Å². The van der Waals surface area contributed by atoms with Crippen molar-refractivity contribution in [2.45, 2.75) is 82.1 Å². The number of rotatable bonds is 18. The summed E-state index contributed by atoms with van der Waals surface area (Å²) in [5, 5.41) is 25.8. The van der Waals surface area contributed by atoms with Gasteiger partial charge in [-0.3, -0.25) is 24.0 Å². The molecule has 0 aromatic rings. The molecule has 0 aliphatic heterocycles. The molecule has 0 bridgehead atoms. The summed E-state index contributed by atoms with van der Waals surface area (Å²) in [7, 11) is 0. The Balaban J connectivity index is 5.55. The zero-order valence-corrected chi connectivity index (χ0v) is 19.7. The van der Waals surface area contributed by atoms with Crippen LogP contribution in [0.4, 0.5) is 0 Å². The maximum Gasteiger partial charge on any atom is 0.328 e. The number of carboxylic acid groups (broad SMARTS) is 1. The van der Waals surface area contributed by atoms with Gasteiger partial charge in [0, 0.05) is 12.8 Å². The molecule has 13 N–H and O–H groups in total. The molecule has 0 saturated heterocycles. The van der Waals surface area contributed by atoms with Crippen molar-refractivity contribution in [3.05, 3.63) is 0 Å². The second-order valence-corrected chi connectivity index (χ2v) is 8.09. The predicted octanol–water partition coefficient (Wildman–Crippen LogP) is -4.11. The summed E-state index contributed by atoms with van der Waals surface area (Å²) in [6.45, 7) is 1.49. The molecule has 35 heavy (non-hydrogen) atoms. The first-order chi connectivity index (χ1) is 16.3. The lowest BCUT2D eigenvalue weighted by atomic mass is 10.0. The first kappa shape index (κ1) is 31.7. The van der Waals surface area contributed by atoms with Gasteiger partial charge in [-0.15, -0.1) is 0 Å². The fourth-order valence-corrected chi connectivity index (χ4v) is 2.94. The van der Waals surface area contributed by atoms with E-state index in [4.69, 9.17) is 22.9 Å². The number of aliphatic carboxylic acids is 1. The molecule has 0 aromatic heterocycles. The molecule has 15 heteroatoms. The van der Waals surface area contributed by atoms with Gasteiger partial charge in [0.2, 0.25) is 29.5 Å². The Labute approximate surface area is 202 Å². The highest BCUT2D eigenvalue weighted by Crippen LogP contribution is 2.06. The van der Waals surface area contributed by atoms with Crippen molar-refractivity contribution in [2.75, 3.05) is 6.54 Å². The van der Waals surface area contributed by atoms with Crippen molar-refractivity contribution in [3.8, 4) is 0 Å². The summed E-state index contributed by atoms with van der Waals surface area (Å²) < 4.78 is 0. The van der Waals surface area contributed by atoms with Crippen LogP contribution in [0.25, 0.3) is 0 Å². The quantitative estimate of drug-likeness (QED) is 0.0814. The lowest BCUT2D eigenvalue weighted by molar-refractivity contribution is -0.145. The van der Waals surface area contributed by atoms with Crippen LogP contribution >= 0.6 is 0 Å². The molecule has 0 spiro atoms. The van der Waals surface area contributed by atoms with Crippen LogP contribution in [-0.2, 0) is 28.8 Å². The zero-order valence-electron chi connectivity index (χ0n) is 19.7. The van der Waals surface area contributed by atoms with Crippen LogP contribution in [0.3, 0.4) is 0 Å². The predicted molar refractivity (Wildman–Crippen MR) is 123 cm³/mol. The minimum absolute atomic E-state index is 0.0780. The lowest BCUT2D eigenvalue weighted by Gasteiger charge is -2.25.